The van der Waals surface area contributed by atoms with Gasteiger partial charge in [0, 0.05) is 6.42 Å². The van der Waals surface area contributed by atoms with Gasteiger partial charge in [-0.15, -0.1) is 0 Å². The van der Waals surface area contributed by atoms with Crippen molar-refractivity contribution >= 4 is 5.91 Å². The molecule has 1 aliphatic heterocycles. The third-order valence-corrected chi connectivity index (χ3v) is 6.08. The fourth-order valence-electron chi connectivity index (χ4n) is 4.51. The van der Waals surface area contributed by atoms with Gasteiger partial charge in [0.25, 0.3) is 0 Å². The maximum absolute atomic E-state index is 13.4. The molecule has 3 atom stereocenters. The van der Waals surface area contributed by atoms with Gasteiger partial charge >= 0.3 is 0 Å². The number of allylic oxidation sites excluding steroid dienone is 1. The molecule has 0 bridgehead atoms. The number of carbonyl (C=O) groups is 1. The Balaban J connectivity index is 1.53. The summed E-state index contributed by atoms with van der Waals surface area (Å²) in [5.41, 5.74) is 3.73. The molecule has 1 unspecified atom stereocenters. The van der Waals surface area contributed by atoms with E-state index in [4.69, 9.17) is 0 Å². The first kappa shape index (κ1) is 20.2. The summed E-state index contributed by atoms with van der Waals surface area (Å²) in [4.78, 5) is 15.5. The highest BCUT2D eigenvalue weighted by Gasteiger charge is 2.37. The lowest BCUT2D eigenvalue weighted by Gasteiger charge is -2.31. The zero-order valence-electron chi connectivity index (χ0n) is 17.5. The fourth-order valence-corrected chi connectivity index (χ4v) is 4.51. The molecule has 0 radical (unpaired) electrons. The second kappa shape index (κ2) is 9.58. The van der Waals surface area contributed by atoms with Crippen LogP contribution in [0.2, 0.25) is 0 Å². The lowest BCUT2D eigenvalue weighted by molar-refractivity contribution is -0.133. The zero-order valence-corrected chi connectivity index (χ0v) is 17.5. The lowest BCUT2D eigenvalue weighted by Crippen LogP contribution is -2.32. The largest absolute Gasteiger partial charge is 0.328 e. The summed E-state index contributed by atoms with van der Waals surface area (Å²) >= 11 is 0. The topological polar surface area (TPSA) is 20.3 Å². The summed E-state index contributed by atoms with van der Waals surface area (Å²) in [6, 6.07) is 31.6. The number of hydrogen-bond acceptors (Lipinski definition) is 1. The highest BCUT2D eigenvalue weighted by atomic mass is 16.2. The molecule has 0 aromatic heterocycles. The van der Waals surface area contributed by atoms with Crippen molar-refractivity contribution in [1.82, 2.24) is 4.90 Å². The van der Waals surface area contributed by atoms with Crippen LogP contribution in [0.15, 0.2) is 103 Å². The Morgan fingerprint density at radius 1 is 0.833 bits per heavy atom. The van der Waals surface area contributed by atoms with Crippen molar-refractivity contribution in [2.45, 2.75) is 44.2 Å². The van der Waals surface area contributed by atoms with E-state index in [1.54, 1.807) is 0 Å². The number of carbonyl (C=O) groups excluding carboxylic acids is 1. The minimum atomic E-state index is 0.142. The quantitative estimate of drug-likeness (QED) is 0.418. The van der Waals surface area contributed by atoms with Crippen molar-refractivity contribution in [2.75, 3.05) is 0 Å². The predicted octanol–water partition coefficient (Wildman–Crippen LogP) is 6.84. The first-order valence-corrected chi connectivity index (χ1v) is 10.9. The minimum absolute atomic E-state index is 0.142. The van der Waals surface area contributed by atoms with Gasteiger partial charge in [0.2, 0.25) is 5.91 Å². The summed E-state index contributed by atoms with van der Waals surface area (Å²) in [5, 5.41) is 0. The Bertz CT molecular complexity index is 918. The average molecular weight is 396 g/mol. The van der Waals surface area contributed by atoms with Crippen molar-refractivity contribution < 1.29 is 4.79 Å². The van der Waals surface area contributed by atoms with Gasteiger partial charge in [-0.3, -0.25) is 4.79 Å². The highest BCUT2D eigenvalue weighted by Crippen LogP contribution is 2.44. The number of amides is 1. The molecule has 1 saturated heterocycles. The lowest BCUT2D eigenvalue weighted by atomic mass is 10.0. The second-order valence-corrected chi connectivity index (χ2v) is 8.06. The van der Waals surface area contributed by atoms with Gasteiger partial charge in [-0.2, -0.15) is 0 Å². The van der Waals surface area contributed by atoms with E-state index >= 15 is 0 Å². The molecule has 0 saturated carbocycles. The highest BCUT2D eigenvalue weighted by molar-refractivity contribution is 5.79. The molecule has 2 nitrogen and oxygen atoms in total. The number of nitrogens with zero attached hydrogens (tertiary/aromatic N) is 1. The maximum atomic E-state index is 13.4. The van der Waals surface area contributed by atoms with Crippen LogP contribution in [-0.4, -0.2) is 10.8 Å². The van der Waals surface area contributed by atoms with E-state index < -0.39 is 0 Å². The zero-order chi connectivity index (χ0) is 20.8. The molecule has 1 heterocycles. The molecule has 3 aromatic rings. The number of rotatable bonds is 6. The molecular formula is C28H29NO. The molecule has 0 spiro atoms. The molecular weight excluding hydrogens is 366 g/mol. The van der Waals surface area contributed by atoms with Crippen LogP contribution in [0.3, 0.4) is 0 Å². The van der Waals surface area contributed by atoms with Crippen molar-refractivity contribution in [1.29, 1.82) is 0 Å². The van der Waals surface area contributed by atoms with Crippen LogP contribution in [0.4, 0.5) is 0 Å². The van der Waals surface area contributed by atoms with Gasteiger partial charge in [0.05, 0.1) is 12.1 Å². The average Bonchev–Trinajstić information content (AvgIpc) is 3.26. The summed E-state index contributed by atoms with van der Waals surface area (Å²) in [7, 11) is 0. The molecule has 1 amide bonds. The van der Waals surface area contributed by atoms with Crippen LogP contribution in [0.5, 0.6) is 0 Å². The predicted molar refractivity (Wildman–Crippen MR) is 123 cm³/mol. The molecule has 30 heavy (non-hydrogen) atoms. The van der Waals surface area contributed by atoms with Crippen molar-refractivity contribution in [2.24, 2.45) is 0 Å². The normalized spacial score (nSPS) is 19.8. The van der Waals surface area contributed by atoms with Crippen molar-refractivity contribution in [3.8, 4) is 0 Å². The Morgan fingerprint density at radius 2 is 1.30 bits per heavy atom. The molecule has 0 N–H and O–H groups in total. The first-order valence-electron chi connectivity index (χ1n) is 10.9. The third-order valence-electron chi connectivity index (χ3n) is 6.08. The van der Waals surface area contributed by atoms with E-state index in [1.165, 1.54) is 16.7 Å². The van der Waals surface area contributed by atoms with Crippen molar-refractivity contribution in [3.63, 3.8) is 0 Å². The van der Waals surface area contributed by atoms with E-state index in [2.05, 4.69) is 90.7 Å². The summed E-state index contributed by atoms with van der Waals surface area (Å²) in [6.07, 6.45) is 6.63. The number of benzene rings is 3. The van der Waals surface area contributed by atoms with Gasteiger partial charge < -0.3 is 4.90 Å². The Morgan fingerprint density at radius 3 is 1.80 bits per heavy atom. The van der Waals surface area contributed by atoms with Gasteiger partial charge in [-0.05, 0) is 35.4 Å². The smallest absolute Gasteiger partial charge is 0.227 e. The van der Waals surface area contributed by atoms with Gasteiger partial charge in [-0.1, -0.05) is 110 Å². The molecule has 4 rings (SSSR count). The van der Waals surface area contributed by atoms with E-state index in [0.29, 0.717) is 12.3 Å². The van der Waals surface area contributed by atoms with Gasteiger partial charge in [-0.25, -0.2) is 0 Å². The van der Waals surface area contributed by atoms with Gasteiger partial charge in [0.15, 0.2) is 0 Å². The SMILES string of the molecule is CC(/C=C/CC(=O)N1[C@H](c2ccccc2)CC[C@H]1c1ccccc1)c1ccccc1. The van der Waals surface area contributed by atoms with Crippen molar-refractivity contribution in [3.05, 3.63) is 120 Å². The van der Waals surface area contributed by atoms with Gasteiger partial charge in [0.1, 0.15) is 0 Å². The Kier molecular flexibility index (Phi) is 6.44. The summed E-state index contributed by atoms with van der Waals surface area (Å²) < 4.78 is 0. The van der Waals surface area contributed by atoms with Crippen LogP contribution in [0.1, 0.15) is 60.9 Å². The molecule has 1 aliphatic rings. The molecule has 152 valence electrons. The molecule has 0 aliphatic carbocycles. The summed E-state index contributed by atoms with van der Waals surface area (Å²) in [6.45, 7) is 2.17. The Labute approximate surface area is 179 Å². The molecule has 2 heteroatoms. The van der Waals surface area contributed by atoms with E-state index in [1.807, 2.05) is 24.3 Å². The monoisotopic (exact) mass is 395 g/mol. The number of hydrogen-bond donors (Lipinski definition) is 0. The number of likely N-dealkylation sites (tertiary alicyclic amines) is 1. The first-order chi connectivity index (χ1) is 14.7. The Hall–Kier alpha value is -3.13. The summed E-state index contributed by atoms with van der Waals surface area (Å²) in [5.74, 6) is 0.499. The van der Waals surface area contributed by atoms with Crippen LogP contribution in [0, 0.1) is 0 Å². The second-order valence-electron chi connectivity index (χ2n) is 8.06. The molecule has 3 aromatic carbocycles. The van der Waals surface area contributed by atoms with Crippen LogP contribution < -0.4 is 0 Å². The van der Waals surface area contributed by atoms with E-state index in [9.17, 15) is 4.79 Å². The van der Waals surface area contributed by atoms with Crippen LogP contribution in [-0.2, 0) is 4.79 Å². The van der Waals surface area contributed by atoms with E-state index in [-0.39, 0.29) is 18.0 Å². The minimum Gasteiger partial charge on any atom is -0.328 e. The van der Waals surface area contributed by atoms with Crippen LogP contribution in [0.25, 0.3) is 0 Å². The fraction of sp³-hybridized carbons (Fsp3) is 0.250. The maximum Gasteiger partial charge on any atom is 0.227 e. The van der Waals surface area contributed by atoms with Crippen LogP contribution >= 0.6 is 0 Å². The third kappa shape index (κ3) is 4.54. The molecule has 1 fully saturated rings. The van der Waals surface area contributed by atoms with E-state index in [0.717, 1.165) is 12.8 Å². The standard InChI is InChI=1S/C28H29NO/c1-22(23-13-5-2-6-14-23)12-11-19-28(30)29-26(24-15-7-3-8-16-24)20-21-27(29)25-17-9-4-10-18-25/h2-18,22,26-27H,19-21H2,1H3/b12-11+/t22?,26-,27-/m0/s1.